The van der Waals surface area contributed by atoms with Crippen molar-refractivity contribution in [3.63, 3.8) is 0 Å². The molecule has 11 rings (SSSR count). The van der Waals surface area contributed by atoms with Gasteiger partial charge in [-0.1, -0.05) is 170 Å². The lowest BCUT2D eigenvalue weighted by molar-refractivity contribution is 0.670. The summed E-state index contributed by atoms with van der Waals surface area (Å²) in [6.07, 6.45) is 3.47. The molecule has 8 aromatic carbocycles. The average molecular weight is 756 g/mol. The second-order valence-electron chi connectivity index (χ2n) is 14.5. The SMILES string of the molecule is c1ccc(-c2ccc(-c3nc(-c4ccccc4)nc(-c4ccc(-c5cccc(-c6ccc(-c7cc8cncnc8c8c7oc7ccccc78)cc6)c5)cc4)n3)cc2)cc1. The van der Waals surface area contributed by atoms with Crippen LogP contribution in [0.4, 0.5) is 0 Å². The summed E-state index contributed by atoms with van der Waals surface area (Å²) in [4.78, 5) is 23.8. The van der Waals surface area contributed by atoms with E-state index in [0.29, 0.717) is 17.5 Å². The molecular formula is C53H33N5O. The van der Waals surface area contributed by atoms with Gasteiger partial charge in [0.25, 0.3) is 0 Å². The van der Waals surface area contributed by atoms with Crippen LogP contribution in [0.5, 0.6) is 0 Å². The van der Waals surface area contributed by atoms with E-state index < -0.39 is 0 Å². The Morgan fingerprint density at radius 1 is 0.373 bits per heavy atom. The summed E-state index contributed by atoms with van der Waals surface area (Å²) in [5, 5.41) is 3.04. The van der Waals surface area contributed by atoms with Crippen LogP contribution in [0.3, 0.4) is 0 Å². The molecule has 0 atom stereocenters. The first kappa shape index (κ1) is 34.2. The van der Waals surface area contributed by atoms with E-state index in [0.717, 1.165) is 88.5 Å². The smallest absolute Gasteiger partial charge is 0.164 e. The van der Waals surface area contributed by atoms with Gasteiger partial charge >= 0.3 is 0 Å². The van der Waals surface area contributed by atoms with Crippen LogP contribution in [0.1, 0.15) is 0 Å². The molecule has 0 spiro atoms. The molecule has 0 aliphatic heterocycles. The number of nitrogens with zero attached hydrogens (tertiary/aromatic N) is 5. The topological polar surface area (TPSA) is 77.6 Å². The lowest BCUT2D eigenvalue weighted by Crippen LogP contribution is -2.00. The second kappa shape index (κ2) is 14.4. The van der Waals surface area contributed by atoms with Crippen molar-refractivity contribution in [3.05, 3.63) is 201 Å². The van der Waals surface area contributed by atoms with Gasteiger partial charge in [-0.15, -0.1) is 0 Å². The predicted octanol–water partition coefficient (Wildman–Crippen LogP) is 13.4. The summed E-state index contributed by atoms with van der Waals surface area (Å²) < 4.78 is 6.46. The van der Waals surface area contributed by atoms with Gasteiger partial charge in [0.2, 0.25) is 0 Å². The van der Waals surface area contributed by atoms with Gasteiger partial charge in [-0.2, -0.15) is 0 Å². The molecule has 0 N–H and O–H groups in total. The van der Waals surface area contributed by atoms with Crippen molar-refractivity contribution in [2.75, 3.05) is 0 Å². The van der Waals surface area contributed by atoms with Crippen molar-refractivity contribution in [2.45, 2.75) is 0 Å². The van der Waals surface area contributed by atoms with E-state index in [4.69, 9.17) is 19.4 Å². The minimum atomic E-state index is 0.625. The molecule has 6 nitrogen and oxygen atoms in total. The molecule has 0 amide bonds. The van der Waals surface area contributed by atoms with Crippen molar-refractivity contribution in [1.29, 1.82) is 0 Å². The molecule has 59 heavy (non-hydrogen) atoms. The maximum atomic E-state index is 6.46. The minimum absolute atomic E-state index is 0.625. The fraction of sp³-hybridized carbons (Fsp3) is 0. The van der Waals surface area contributed by atoms with Crippen molar-refractivity contribution in [2.24, 2.45) is 0 Å². The minimum Gasteiger partial charge on any atom is -0.455 e. The summed E-state index contributed by atoms with van der Waals surface area (Å²) in [7, 11) is 0. The van der Waals surface area contributed by atoms with Gasteiger partial charge in [0.05, 0.1) is 10.9 Å². The first-order valence-electron chi connectivity index (χ1n) is 19.5. The van der Waals surface area contributed by atoms with Crippen LogP contribution < -0.4 is 0 Å². The molecule has 3 heterocycles. The molecule has 0 unspecified atom stereocenters. The van der Waals surface area contributed by atoms with Gasteiger partial charge in [0.1, 0.15) is 17.5 Å². The summed E-state index contributed by atoms with van der Waals surface area (Å²) in [6, 6.07) is 64.9. The van der Waals surface area contributed by atoms with Gasteiger partial charge in [-0.05, 0) is 57.1 Å². The first-order valence-corrected chi connectivity index (χ1v) is 19.5. The number of benzene rings is 8. The third-order valence-electron chi connectivity index (χ3n) is 10.9. The molecule has 3 aromatic heterocycles. The van der Waals surface area contributed by atoms with E-state index in [-0.39, 0.29) is 0 Å². The van der Waals surface area contributed by atoms with Crippen molar-refractivity contribution in [3.8, 4) is 78.7 Å². The summed E-state index contributed by atoms with van der Waals surface area (Å²) >= 11 is 0. The quantitative estimate of drug-likeness (QED) is 0.161. The van der Waals surface area contributed by atoms with Crippen LogP contribution >= 0.6 is 0 Å². The van der Waals surface area contributed by atoms with Crippen molar-refractivity contribution in [1.82, 2.24) is 24.9 Å². The molecule has 6 heteroatoms. The van der Waals surface area contributed by atoms with E-state index in [1.54, 1.807) is 6.33 Å². The first-order chi connectivity index (χ1) is 29.2. The highest BCUT2D eigenvalue weighted by atomic mass is 16.3. The fourth-order valence-electron chi connectivity index (χ4n) is 7.89. The van der Waals surface area contributed by atoms with Gasteiger partial charge in [0, 0.05) is 39.2 Å². The summed E-state index contributed by atoms with van der Waals surface area (Å²) in [5.74, 6) is 1.89. The fourth-order valence-corrected chi connectivity index (χ4v) is 7.89. The van der Waals surface area contributed by atoms with Crippen LogP contribution in [0, 0.1) is 0 Å². The molecular weight excluding hydrogens is 723 g/mol. The Bertz CT molecular complexity index is 3290. The number of rotatable bonds is 7. The Labute approximate surface area is 340 Å². The van der Waals surface area contributed by atoms with E-state index in [2.05, 4.69) is 143 Å². The lowest BCUT2D eigenvalue weighted by Gasteiger charge is -2.11. The van der Waals surface area contributed by atoms with Crippen molar-refractivity contribution >= 4 is 32.8 Å². The number of furan rings is 1. The van der Waals surface area contributed by atoms with Gasteiger partial charge in [-0.25, -0.2) is 24.9 Å². The van der Waals surface area contributed by atoms with E-state index in [1.165, 1.54) is 5.56 Å². The molecule has 0 bridgehead atoms. The lowest BCUT2D eigenvalue weighted by atomic mass is 9.95. The highest BCUT2D eigenvalue weighted by Crippen LogP contribution is 2.40. The van der Waals surface area contributed by atoms with E-state index in [9.17, 15) is 0 Å². The molecule has 0 radical (unpaired) electrons. The highest BCUT2D eigenvalue weighted by Gasteiger charge is 2.18. The largest absolute Gasteiger partial charge is 0.455 e. The number of hydrogen-bond acceptors (Lipinski definition) is 6. The van der Waals surface area contributed by atoms with Crippen LogP contribution in [-0.4, -0.2) is 24.9 Å². The normalized spacial score (nSPS) is 11.4. The zero-order valence-electron chi connectivity index (χ0n) is 31.7. The standard InChI is InChI=1S/C53H33N5O/c1-3-10-34(11-4-1)35-20-26-40(27-21-35)52-56-51(39-12-5-2-6-13-39)57-53(58-52)41-28-22-37(23-29-41)43-15-9-14-42(30-43)36-18-24-38(25-19-36)46-31-44-32-54-33-55-49(44)48-45-16-7-8-17-47(45)59-50(46)48/h1-33H. The molecule has 0 aliphatic rings. The van der Waals surface area contributed by atoms with Crippen molar-refractivity contribution < 1.29 is 4.42 Å². The van der Waals surface area contributed by atoms with E-state index in [1.807, 2.05) is 60.8 Å². The number of aromatic nitrogens is 5. The molecule has 0 aliphatic carbocycles. The number of hydrogen-bond donors (Lipinski definition) is 0. The average Bonchev–Trinajstić information content (AvgIpc) is 3.72. The Kier molecular flexibility index (Phi) is 8.37. The van der Waals surface area contributed by atoms with Gasteiger partial charge in [-0.3, -0.25) is 0 Å². The van der Waals surface area contributed by atoms with Crippen LogP contribution in [0.25, 0.3) is 112 Å². The molecule has 0 saturated carbocycles. The van der Waals surface area contributed by atoms with Gasteiger partial charge < -0.3 is 4.42 Å². The monoisotopic (exact) mass is 755 g/mol. The van der Waals surface area contributed by atoms with Crippen LogP contribution in [0.15, 0.2) is 205 Å². The predicted molar refractivity (Wildman–Crippen MR) is 238 cm³/mol. The van der Waals surface area contributed by atoms with Crippen LogP contribution in [-0.2, 0) is 0 Å². The summed E-state index contributed by atoms with van der Waals surface area (Å²) in [5.41, 5.74) is 14.2. The second-order valence-corrected chi connectivity index (χ2v) is 14.5. The maximum Gasteiger partial charge on any atom is 0.164 e. The maximum absolute atomic E-state index is 6.46. The zero-order valence-corrected chi connectivity index (χ0v) is 31.7. The molecule has 0 saturated heterocycles. The van der Waals surface area contributed by atoms with Crippen LogP contribution in [0.2, 0.25) is 0 Å². The summed E-state index contributed by atoms with van der Waals surface area (Å²) in [6.45, 7) is 0. The Morgan fingerprint density at radius 2 is 0.831 bits per heavy atom. The highest BCUT2D eigenvalue weighted by molar-refractivity contribution is 6.21. The molecule has 276 valence electrons. The third kappa shape index (κ3) is 6.39. The molecule has 0 fully saturated rings. The van der Waals surface area contributed by atoms with E-state index >= 15 is 0 Å². The number of fused-ring (bicyclic) bond motifs is 5. The Balaban J connectivity index is 0.900. The zero-order chi connectivity index (χ0) is 39.1. The molecule has 11 aromatic rings. The Morgan fingerprint density at radius 3 is 1.44 bits per heavy atom. The Hall–Kier alpha value is -8.09. The third-order valence-corrected chi connectivity index (χ3v) is 10.9. The van der Waals surface area contributed by atoms with Gasteiger partial charge in [0.15, 0.2) is 17.5 Å². The number of para-hydroxylation sites is 1.